The van der Waals surface area contributed by atoms with Gasteiger partial charge in [0.05, 0.1) is 24.9 Å². The van der Waals surface area contributed by atoms with Crippen molar-refractivity contribution in [1.29, 1.82) is 0 Å². The Morgan fingerprint density at radius 1 is 1.16 bits per heavy atom. The van der Waals surface area contributed by atoms with Gasteiger partial charge in [0.2, 0.25) is 5.91 Å². The van der Waals surface area contributed by atoms with E-state index in [1.807, 2.05) is 29.1 Å². The van der Waals surface area contributed by atoms with Crippen LogP contribution < -0.4 is 5.32 Å². The molecule has 0 radical (unpaired) electrons. The Bertz CT molecular complexity index is 1180. The number of hydrogen-bond acceptors (Lipinski definition) is 4. The maximum Gasteiger partial charge on any atom is 0.338 e. The molecule has 6 nitrogen and oxygen atoms in total. The Labute approximate surface area is 187 Å². The quantitative estimate of drug-likeness (QED) is 0.553. The summed E-state index contributed by atoms with van der Waals surface area (Å²) in [6, 6.07) is 14.2. The second kappa shape index (κ2) is 8.26. The molecule has 0 spiro atoms. The molecule has 2 unspecified atom stereocenters. The lowest BCUT2D eigenvalue weighted by atomic mass is 9.93. The van der Waals surface area contributed by atoms with Gasteiger partial charge in [0.15, 0.2) is 0 Å². The zero-order chi connectivity index (χ0) is 22.2. The third kappa shape index (κ3) is 3.93. The minimum absolute atomic E-state index is 0.0159. The molecule has 2 atom stereocenters. The molecular weight excluding hydrogens is 402 g/mol. The molecule has 5 rings (SSSR count). The summed E-state index contributed by atoms with van der Waals surface area (Å²) in [5.74, 6) is -0.236. The van der Waals surface area contributed by atoms with Crippen molar-refractivity contribution in [2.45, 2.75) is 44.6 Å². The number of nitrogens with one attached hydrogen (secondary N) is 1. The van der Waals surface area contributed by atoms with Gasteiger partial charge in [-0.25, -0.2) is 4.79 Å². The molecule has 6 heteroatoms. The van der Waals surface area contributed by atoms with E-state index in [9.17, 15) is 9.59 Å². The van der Waals surface area contributed by atoms with Gasteiger partial charge in [-0.3, -0.25) is 9.48 Å². The van der Waals surface area contributed by atoms with Crippen LogP contribution in [0, 0.1) is 12.8 Å². The maximum absolute atomic E-state index is 12.8. The Morgan fingerprint density at radius 3 is 2.72 bits per heavy atom. The molecule has 32 heavy (non-hydrogen) atoms. The highest BCUT2D eigenvalue weighted by Crippen LogP contribution is 2.48. The highest BCUT2D eigenvalue weighted by molar-refractivity contribution is 6.01. The third-order valence-corrected chi connectivity index (χ3v) is 6.65. The molecule has 3 aromatic rings. The number of anilines is 1. The zero-order valence-corrected chi connectivity index (χ0v) is 18.4. The van der Waals surface area contributed by atoms with E-state index in [-0.39, 0.29) is 17.7 Å². The number of aryl methyl sites for hydroxylation is 1. The molecule has 2 aromatic carbocycles. The summed E-state index contributed by atoms with van der Waals surface area (Å²) in [7, 11) is 1.37. The summed E-state index contributed by atoms with van der Waals surface area (Å²) in [5.41, 5.74) is 5.05. The van der Waals surface area contributed by atoms with Crippen LogP contribution >= 0.6 is 0 Å². The number of hydrogen-bond donors (Lipinski definition) is 1. The predicted molar refractivity (Wildman–Crippen MR) is 123 cm³/mol. The predicted octanol–water partition coefficient (Wildman–Crippen LogP) is 5.11. The maximum atomic E-state index is 12.8. The van der Waals surface area contributed by atoms with Gasteiger partial charge in [-0.15, -0.1) is 0 Å². The lowest BCUT2D eigenvalue weighted by Gasteiger charge is -2.25. The van der Waals surface area contributed by atoms with E-state index < -0.39 is 5.97 Å². The minimum Gasteiger partial charge on any atom is -0.465 e. The van der Waals surface area contributed by atoms with E-state index in [2.05, 4.69) is 35.5 Å². The van der Waals surface area contributed by atoms with Gasteiger partial charge in [0.1, 0.15) is 0 Å². The summed E-state index contributed by atoms with van der Waals surface area (Å²) in [4.78, 5) is 25.3. The van der Waals surface area contributed by atoms with Crippen LogP contribution in [0.3, 0.4) is 0 Å². The summed E-state index contributed by atoms with van der Waals surface area (Å²) < 4.78 is 6.99. The molecule has 2 aliphatic carbocycles. The monoisotopic (exact) mass is 429 g/mol. The van der Waals surface area contributed by atoms with E-state index in [0.29, 0.717) is 17.3 Å². The summed E-state index contributed by atoms with van der Waals surface area (Å²) >= 11 is 0. The second-order valence-electron chi connectivity index (χ2n) is 8.90. The number of rotatable bonds is 6. The number of carbonyl (C=O) groups excluding carboxylic acids is 2. The smallest absolute Gasteiger partial charge is 0.338 e. The van der Waals surface area contributed by atoms with E-state index in [1.165, 1.54) is 24.7 Å². The average Bonchev–Trinajstić information content (AvgIpc) is 3.43. The van der Waals surface area contributed by atoms with Crippen LogP contribution in [-0.4, -0.2) is 28.8 Å². The number of carbonyl (C=O) groups is 2. The zero-order valence-electron chi connectivity index (χ0n) is 18.4. The van der Waals surface area contributed by atoms with E-state index in [0.717, 1.165) is 30.4 Å². The molecule has 2 saturated carbocycles. The number of nitrogens with zero attached hydrogens (tertiary/aromatic N) is 2. The van der Waals surface area contributed by atoms with Crippen LogP contribution in [0.1, 0.15) is 59.1 Å². The highest BCUT2D eigenvalue weighted by Gasteiger charge is 2.44. The van der Waals surface area contributed by atoms with E-state index >= 15 is 0 Å². The largest absolute Gasteiger partial charge is 0.465 e. The van der Waals surface area contributed by atoms with Gasteiger partial charge in [-0.05, 0) is 61.8 Å². The van der Waals surface area contributed by atoms with Crippen molar-refractivity contribution < 1.29 is 14.3 Å². The number of amides is 1. The summed E-state index contributed by atoms with van der Waals surface area (Å²) in [5, 5.41) is 7.47. The fraction of sp³-hybridized carbons (Fsp3) is 0.346. The summed E-state index contributed by atoms with van der Waals surface area (Å²) in [6.07, 6.45) is 8.13. The van der Waals surface area contributed by atoms with Crippen molar-refractivity contribution in [2.24, 2.45) is 5.92 Å². The lowest BCUT2D eigenvalue weighted by molar-refractivity contribution is -0.117. The molecule has 164 valence electrons. The first-order valence-corrected chi connectivity index (χ1v) is 11.2. The van der Waals surface area contributed by atoms with Crippen molar-refractivity contribution in [3.63, 3.8) is 0 Å². The van der Waals surface area contributed by atoms with Crippen molar-refractivity contribution in [1.82, 2.24) is 9.78 Å². The van der Waals surface area contributed by atoms with Crippen molar-refractivity contribution >= 4 is 17.6 Å². The van der Waals surface area contributed by atoms with Crippen LogP contribution in [-0.2, 0) is 9.53 Å². The molecule has 0 aliphatic heterocycles. The fourth-order valence-corrected chi connectivity index (χ4v) is 4.47. The lowest BCUT2D eigenvalue weighted by Crippen LogP contribution is -2.17. The molecule has 0 saturated heterocycles. The number of ether oxygens (including phenoxy) is 1. The van der Waals surface area contributed by atoms with Gasteiger partial charge < -0.3 is 10.1 Å². The van der Waals surface area contributed by atoms with E-state index in [4.69, 9.17) is 4.74 Å². The standard InChI is InChI=1S/C26H27N3O3/c1-16-5-3-6-17(11-16)22-13-23(22)25(30)28-19-9-10-21(24(12-19)26(31)32-2)18-14-27-29(15-18)20-7-4-8-20/h3,5-6,9-12,14-15,20,22-23H,4,7-8,13H2,1-2H3,(H,28,30). The number of aromatic nitrogens is 2. The first kappa shape index (κ1) is 20.5. The molecular formula is C26H27N3O3. The van der Waals surface area contributed by atoms with Crippen LogP contribution in [0.15, 0.2) is 54.9 Å². The second-order valence-corrected chi connectivity index (χ2v) is 8.90. The molecule has 1 amide bonds. The third-order valence-electron chi connectivity index (χ3n) is 6.65. The van der Waals surface area contributed by atoms with Gasteiger partial charge in [0.25, 0.3) is 0 Å². The molecule has 2 fully saturated rings. The van der Waals surface area contributed by atoms with Gasteiger partial charge in [-0.2, -0.15) is 5.10 Å². The number of methoxy groups -OCH3 is 1. The van der Waals surface area contributed by atoms with Gasteiger partial charge in [-0.1, -0.05) is 35.9 Å². The van der Waals surface area contributed by atoms with Crippen molar-refractivity contribution in [3.05, 3.63) is 71.5 Å². The average molecular weight is 430 g/mol. The van der Waals surface area contributed by atoms with Crippen LogP contribution in [0.5, 0.6) is 0 Å². The first-order chi connectivity index (χ1) is 15.5. The Morgan fingerprint density at radius 2 is 2.00 bits per heavy atom. The van der Waals surface area contributed by atoms with E-state index in [1.54, 1.807) is 12.3 Å². The molecule has 2 aliphatic rings. The van der Waals surface area contributed by atoms with Crippen molar-refractivity contribution in [2.75, 3.05) is 12.4 Å². The van der Waals surface area contributed by atoms with Crippen LogP contribution in [0.4, 0.5) is 5.69 Å². The summed E-state index contributed by atoms with van der Waals surface area (Å²) in [6.45, 7) is 2.06. The van der Waals surface area contributed by atoms with Crippen LogP contribution in [0.25, 0.3) is 11.1 Å². The molecule has 1 heterocycles. The first-order valence-electron chi connectivity index (χ1n) is 11.2. The minimum atomic E-state index is -0.434. The number of esters is 1. The van der Waals surface area contributed by atoms with Gasteiger partial charge >= 0.3 is 5.97 Å². The fourth-order valence-electron chi connectivity index (χ4n) is 4.47. The highest BCUT2D eigenvalue weighted by atomic mass is 16.5. The Hall–Kier alpha value is -3.41. The molecule has 1 aromatic heterocycles. The van der Waals surface area contributed by atoms with Crippen LogP contribution in [0.2, 0.25) is 0 Å². The Kier molecular flexibility index (Phi) is 5.29. The normalized spacial score (nSPS) is 19.8. The molecule has 0 bridgehead atoms. The Balaban J connectivity index is 1.34. The van der Waals surface area contributed by atoms with Gasteiger partial charge in [0, 0.05) is 23.4 Å². The topological polar surface area (TPSA) is 73.2 Å². The SMILES string of the molecule is COC(=O)c1cc(NC(=O)C2CC2c2cccc(C)c2)ccc1-c1cnn(C2CCC2)c1. The number of benzene rings is 2. The van der Waals surface area contributed by atoms with Crippen molar-refractivity contribution in [3.8, 4) is 11.1 Å². The molecule has 1 N–H and O–H groups in total.